The SMILES string of the molecule is CCC1c2ccccc2CN1C(=O)CN1CCCS1(=O)=O. The van der Waals surface area contributed by atoms with E-state index in [0.717, 1.165) is 6.42 Å². The summed E-state index contributed by atoms with van der Waals surface area (Å²) in [7, 11) is -3.22. The Bertz CT molecular complexity index is 657. The standard InChI is InChI=1S/C15H20N2O3S/c1-2-14-13-7-4-3-6-12(13)10-17(14)15(18)11-16-8-5-9-21(16,19)20/h3-4,6-7,14H,2,5,8-11H2,1H3. The highest BCUT2D eigenvalue weighted by Gasteiger charge is 2.36. The predicted molar refractivity (Wildman–Crippen MR) is 80.0 cm³/mol. The molecule has 1 unspecified atom stereocenters. The van der Waals surface area contributed by atoms with Crippen molar-refractivity contribution in [2.24, 2.45) is 0 Å². The van der Waals surface area contributed by atoms with E-state index in [2.05, 4.69) is 13.0 Å². The fraction of sp³-hybridized carbons (Fsp3) is 0.533. The second kappa shape index (κ2) is 5.42. The van der Waals surface area contributed by atoms with Crippen LogP contribution in [0.4, 0.5) is 0 Å². The monoisotopic (exact) mass is 308 g/mol. The second-order valence-corrected chi connectivity index (χ2v) is 7.74. The number of hydrogen-bond donors (Lipinski definition) is 0. The summed E-state index contributed by atoms with van der Waals surface area (Å²) in [6.07, 6.45) is 1.46. The molecule has 1 aromatic carbocycles. The third-order valence-electron chi connectivity index (χ3n) is 4.35. The van der Waals surface area contributed by atoms with Gasteiger partial charge in [-0.25, -0.2) is 8.42 Å². The van der Waals surface area contributed by atoms with Gasteiger partial charge in [-0.2, -0.15) is 4.31 Å². The van der Waals surface area contributed by atoms with Crippen molar-refractivity contribution >= 4 is 15.9 Å². The van der Waals surface area contributed by atoms with Crippen LogP contribution >= 0.6 is 0 Å². The smallest absolute Gasteiger partial charge is 0.238 e. The highest BCUT2D eigenvalue weighted by atomic mass is 32.2. The number of amides is 1. The molecule has 1 atom stereocenters. The number of carbonyl (C=O) groups excluding carboxylic acids is 1. The molecule has 114 valence electrons. The maximum Gasteiger partial charge on any atom is 0.238 e. The van der Waals surface area contributed by atoms with Crippen LogP contribution in [-0.2, 0) is 21.4 Å². The van der Waals surface area contributed by atoms with Gasteiger partial charge in [0.25, 0.3) is 0 Å². The van der Waals surface area contributed by atoms with Crippen molar-refractivity contribution in [2.45, 2.75) is 32.4 Å². The zero-order valence-corrected chi connectivity index (χ0v) is 13.0. The molecule has 6 heteroatoms. The van der Waals surface area contributed by atoms with Crippen LogP contribution in [-0.4, -0.2) is 42.4 Å². The Morgan fingerprint density at radius 3 is 2.76 bits per heavy atom. The molecule has 0 spiro atoms. The van der Waals surface area contributed by atoms with E-state index in [-0.39, 0.29) is 24.2 Å². The Kier molecular flexibility index (Phi) is 3.75. The number of rotatable bonds is 3. The van der Waals surface area contributed by atoms with Gasteiger partial charge < -0.3 is 4.90 Å². The maximum absolute atomic E-state index is 12.5. The van der Waals surface area contributed by atoms with Crippen LogP contribution in [0.25, 0.3) is 0 Å². The zero-order chi connectivity index (χ0) is 15.0. The summed E-state index contributed by atoms with van der Waals surface area (Å²) >= 11 is 0. The lowest BCUT2D eigenvalue weighted by Crippen LogP contribution is -2.40. The van der Waals surface area contributed by atoms with Gasteiger partial charge in [0.15, 0.2) is 0 Å². The van der Waals surface area contributed by atoms with Gasteiger partial charge in [-0.15, -0.1) is 0 Å². The third-order valence-corrected chi connectivity index (χ3v) is 6.26. The van der Waals surface area contributed by atoms with Crippen molar-refractivity contribution in [1.82, 2.24) is 9.21 Å². The van der Waals surface area contributed by atoms with Gasteiger partial charge in [0.05, 0.1) is 18.3 Å². The van der Waals surface area contributed by atoms with Gasteiger partial charge in [0.1, 0.15) is 0 Å². The molecule has 2 aliphatic rings. The molecule has 1 saturated heterocycles. The first kappa shape index (κ1) is 14.5. The Balaban J connectivity index is 1.77. The summed E-state index contributed by atoms with van der Waals surface area (Å²) in [6, 6.07) is 8.13. The van der Waals surface area contributed by atoms with E-state index in [1.165, 1.54) is 15.4 Å². The van der Waals surface area contributed by atoms with Crippen molar-refractivity contribution in [3.8, 4) is 0 Å². The van der Waals surface area contributed by atoms with Crippen LogP contribution in [0.3, 0.4) is 0 Å². The molecule has 0 bridgehead atoms. The fourth-order valence-corrected chi connectivity index (χ4v) is 4.74. The quantitative estimate of drug-likeness (QED) is 0.850. The number of sulfonamides is 1. The Morgan fingerprint density at radius 2 is 2.10 bits per heavy atom. The molecule has 2 heterocycles. The molecule has 1 fully saturated rings. The number of fused-ring (bicyclic) bond motifs is 1. The van der Waals surface area contributed by atoms with Gasteiger partial charge in [0, 0.05) is 13.1 Å². The van der Waals surface area contributed by atoms with Gasteiger partial charge in [0.2, 0.25) is 15.9 Å². The van der Waals surface area contributed by atoms with Crippen LogP contribution in [0.1, 0.15) is 36.9 Å². The Morgan fingerprint density at radius 1 is 1.33 bits per heavy atom. The average molecular weight is 308 g/mol. The molecule has 0 aromatic heterocycles. The normalized spacial score (nSPS) is 24.2. The first-order valence-electron chi connectivity index (χ1n) is 7.38. The second-order valence-electron chi connectivity index (χ2n) is 5.65. The number of benzene rings is 1. The fourth-order valence-electron chi connectivity index (χ4n) is 3.28. The molecule has 1 amide bonds. The van der Waals surface area contributed by atoms with Crippen molar-refractivity contribution in [2.75, 3.05) is 18.8 Å². The first-order valence-corrected chi connectivity index (χ1v) is 8.99. The van der Waals surface area contributed by atoms with Gasteiger partial charge in [-0.1, -0.05) is 31.2 Å². The number of hydrogen-bond acceptors (Lipinski definition) is 3. The van der Waals surface area contributed by atoms with Gasteiger partial charge >= 0.3 is 0 Å². The van der Waals surface area contributed by atoms with E-state index in [0.29, 0.717) is 19.5 Å². The minimum Gasteiger partial charge on any atom is -0.330 e. The van der Waals surface area contributed by atoms with Crippen molar-refractivity contribution < 1.29 is 13.2 Å². The number of nitrogens with zero attached hydrogens (tertiary/aromatic N) is 2. The van der Waals surface area contributed by atoms with E-state index < -0.39 is 10.0 Å². The summed E-state index contributed by atoms with van der Waals surface area (Å²) in [6.45, 7) is 3.08. The predicted octanol–water partition coefficient (Wildman–Crippen LogP) is 1.52. The molecule has 1 aromatic rings. The van der Waals surface area contributed by atoms with Crippen LogP contribution in [0, 0.1) is 0 Å². The lowest BCUT2D eigenvalue weighted by atomic mass is 10.0. The third kappa shape index (κ3) is 2.58. The maximum atomic E-state index is 12.5. The summed E-state index contributed by atoms with van der Waals surface area (Å²) in [5.74, 6) is 0.0704. The average Bonchev–Trinajstić information content (AvgIpc) is 2.99. The topological polar surface area (TPSA) is 57.7 Å². The molecule has 3 rings (SSSR count). The Hall–Kier alpha value is -1.40. The zero-order valence-electron chi connectivity index (χ0n) is 12.2. The molecule has 5 nitrogen and oxygen atoms in total. The largest absolute Gasteiger partial charge is 0.330 e. The van der Waals surface area contributed by atoms with Crippen molar-refractivity contribution in [1.29, 1.82) is 0 Å². The molecular weight excluding hydrogens is 288 g/mol. The molecule has 0 aliphatic carbocycles. The van der Waals surface area contributed by atoms with Gasteiger partial charge in [-0.05, 0) is 24.0 Å². The minimum atomic E-state index is -3.22. The highest BCUT2D eigenvalue weighted by Crippen LogP contribution is 2.35. The van der Waals surface area contributed by atoms with E-state index >= 15 is 0 Å². The van der Waals surface area contributed by atoms with E-state index in [1.807, 2.05) is 23.1 Å². The first-order chi connectivity index (χ1) is 10.0. The van der Waals surface area contributed by atoms with Crippen molar-refractivity contribution in [3.63, 3.8) is 0 Å². The van der Waals surface area contributed by atoms with E-state index in [4.69, 9.17) is 0 Å². The summed E-state index contributed by atoms with van der Waals surface area (Å²) in [5.41, 5.74) is 2.36. The molecule has 21 heavy (non-hydrogen) atoms. The minimum absolute atomic E-state index is 0.0210. The molecular formula is C15H20N2O3S. The molecule has 0 radical (unpaired) electrons. The molecule has 0 saturated carbocycles. The van der Waals surface area contributed by atoms with Crippen LogP contribution < -0.4 is 0 Å². The summed E-state index contributed by atoms with van der Waals surface area (Å²) in [4.78, 5) is 14.4. The summed E-state index contributed by atoms with van der Waals surface area (Å²) < 4.78 is 25.0. The van der Waals surface area contributed by atoms with E-state index in [9.17, 15) is 13.2 Å². The van der Waals surface area contributed by atoms with Gasteiger partial charge in [-0.3, -0.25) is 4.79 Å². The highest BCUT2D eigenvalue weighted by molar-refractivity contribution is 7.89. The van der Waals surface area contributed by atoms with Crippen molar-refractivity contribution in [3.05, 3.63) is 35.4 Å². The molecule has 2 aliphatic heterocycles. The van der Waals surface area contributed by atoms with E-state index in [1.54, 1.807) is 0 Å². The lowest BCUT2D eigenvalue weighted by Gasteiger charge is -2.26. The molecule has 0 N–H and O–H groups in total. The van der Waals surface area contributed by atoms with Crippen LogP contribution in [0.15, 0.2) is 24.3 Å². The number of carbonyl (C=O) groups is 1. The van der Waals surface area contributed by atoms with Crippen LogP contribution in [0.2, 0.25) is 0 Å². The lowest BCUT2D eigenvalue weighted by molar-refractivity contribution is -0.133. The summed E-state index contributed by atoms with van der Waals surface area (Å²) in [5, 5.41) is 0. The Labute approximate surface area is 125 Å². The van der Waals surface area contributed by atoms with Crippen LogP contribution in [0.5, 0.6) is 0 Å².